The molecule has 0 aliphatic carbocycles. The van der Waals surface area contributed by atoms with Crippen LogP contribution in [0.15, 0.2) is 28.5 Å². The summed E-state index contributed by atoms with van der Waals surface area (Å²) < 4.78 is 78.2. The van der Waals surface area contributed by atoms with E-state index in [9.17, 15) is 31.1 Å². The first-order valence-corrected chi connectivity index (χ1v) is 9.87. The molecule has 0 radical (unpaired) electrons. The zero-order chi connectivity index (χ0) is 25.0. The number of nitrogens with zero attached hydrogens (tertiary/aromatic N) is 3. The summed E-state index contributed by atoms with van der Waals surface area (Å²) in [4.78, 5) is 23.9. The zero-order valence-electron chi connectivity index (χ0n) is 17.7. The predicted octanol–water partition coefficient (Wildman–Crippen LogP) is 4.53. The van der Waals surface area contributed by atoms with Crippen molar-refractivity contribution in [2.24, 2.45) is 10.3 Å². The van der Waals surface area contributed by atoms with Gasteiger partial charge in [0.15, 0.2) is 16.4 Å². The molecule has 0 bridgehead atoms. The number of nitrogens with one attached hydrogen (secondary N) is 1. The van der Waals surface area contributed by atoms with Crippen molar-refractivity contribution in [3.63, 3.8) is 0 Å². The molecule has 0 aliphatic rings. The smallest absolute Gasteiger partial charge is 0.398 e. The number of aryl methyl sites for hydroxylation is 1. The highest BCUT2D eigenvalue weighted by Crippen LogP contribution is 2.40. The summed E-state index contributed by atoms with van der Waals surface area (Å²) in [5.41, 5.74) is -0.847. The maximum Gasteiger partial charge on any atom is 0.443 e. The largest absolute Gasteiger partial charge is 0.443 e. The molecule has 33 heavy (non-hydrogen) atoms. The normalized spacial score (nSPS) is 13.2. The number of amides is 1. The van der Waals surface area contributed by atoms with E-state index in [4.69, 9.17) is 9.68 Å². The zero-order valence-corrected chi connectivity index (χ0v) is 18.5. The van der Waals surface area contributed by atoms with Crippen molar-refractivity contribution in [1.82, 2.24) is 10.3 Å². The van der Waals surface area contributed by atoms with Crippen LogP contribution in [-0.2, 0) is 33.4 Å². The Morgan fingerprint density at radius 1 is 1.15 bits per heavy atom. The third-order valence-electron chi connectivity index (χ3n) is 4.17. The third-order valence-corrected chi connectivity index (χ3v) is 5.38. The molecule has 0 saturated carbocycles. The number of rotatable bonds is 7. The fourth-order valence-electron chi connectivity index (χ4n) is 2.65. The number of oxime groups is 2. The number of carbonyl (C=O) groups excluding carboxylic acids is 1. The molecule has 0 spiro atoms. The van der Waals surface area contributed by atoms with E-state index in [1.807, 2.05) is 0 Å². The summed E-state index contributed by atoms with van der Waals surface area (Å²) >= 11 is -0.183. The van der Waals surface area contributed by atoms with Gasteiger partial charge in [0.25, 0.3) is 5.91 Å². The van der Waals surface area contributed by atoms with Crippen LogP contribution in [0, 0.1) is 6.92 Å². The van der Waals surface area contributed by atoms with Crippen molar-refractivity contribution in [2.45, 2.75) is 32.8 Å². The molecule has 14 heteroatoms. The SMILES string of the molecule is CNC(=O)/C(=N/OC)c1cccc(C)c1CO/N=C(\C)c1sc(C(F)(F)F)nc1C(F)(F)F. The van der Waals surface area contributed by atoms with Gasteiger partial charge >= 0.3 is 12.4 Å². The third kappa shape index (κ3) is 6.21. The molecule has 0 fully saturated rings. The average molecular weight is 496 g/mol. The van der Waals surface area contributed by atoms with Crippen LogP contribution in [-0.4, -0.2) is 36.5 Å². The number of benzene rings is 1. The fraction of sp³-hybridized carbons (Fsp3) is 0.368. The molecule has 2 rings (SSSR count). The van der Waals surface area contributed by atoms with Crippen LogP contribution in [0.1, 0.15) is 39.2 Å². The Morgan fingerprint density at radius 3 is 2.36 bits per heavy atom. The van der Waals surface area contributed by atoms with Crippen molar-refractivity contribution >= 4 is 28.7 Å². The van der Waals surface area contributed by atoms with Crippen LogP contribution in [0.5, 0.6) is 0 Å². The molecule has 180 valence electrons. The lowest BCUT2D eigenvalue weighted by atomic mass is 9.98. The van der Waals surface area contributed by atoms with E-state index in [1.54, 1.807) is 25.1 Å². The van der Waals surface area contributed by atoms with Crippen LogP contribution in [0.4, 0.5) is 26.3 Å². The van der Waals surface area contributed by atoms with Gasteiger partial charge in [-0.1, -0.05) is 28.5 Å². The first-order valence-electron chi connectivity index (χ1n) is 9.05. The molecule has 7 nitrogen and oxygen atoms in total. The summed E-state index contributed by atoms with van der Waals surface area (Å²) in [7, 11) is 2.63. The van der Waals surface area contributed by atoms with Gasteiger partial charge in [-0.25, -0.2) is 4.98 Å². The minimum absolute atomic E-state index is 0.0837. The van der Waals surface area contributed by atoms with E-state index in [1.165, 1.54) is 14.2 Å². The Labute approximate surface area is 188 Å². The molecule has 1 aromatic heterocycles. The van der Waals surface area contributed by atoms with Crippen molar-refractivity contribution in [3.05, 3.63) is 50.5 Å². The van der Waals surface area contributed by atoms with E-state index in [2.05, 4.69) is 20.6 Å². The molecule has 1 N–H and O–H groups in total. The highest BCUT2D eigenvalue weighted by Gasteiger charge is 2.43. The summed E-state index contributed by atoms with van der Waals surface area (Å²) in [6, 6.07) is 4.88. The van der Waals surface area contributed by atoms with Gasteiger partial charge in [-0.15, -0.1) is 11.3 Å². The molecule has 0 saturated heterocycles. The Balaban J connectivity index is 2.39. The van der Waals surface area contributed by atoms with Crippen LogP contribution in [0.3, 0.4) is 0 Å². The lowest BCUT2D eigenvalue weighted by Crippen LogP contribution is -2.29. The molecule has 0 atom stereocenters. The van der Waals surface area contributed by atoms with E-state index in [-0.39, 0.29) is 23.7 Å². The Morgan fingerprint density at radius 2 is 1.82 bits per heavy atom. The highest BCUT2D eigenvalue weighted by atomic mass is 32.1. The van der Waals surface area contributed by atoms with Crippen molar-refractivity contribution < 1.29 is 40.8 Å². The van der Waals surface area contributed by atoms with Crippen molar-refractivity contribution in [3.8, 4) is 0 Å². The van der Waals surface area contributed by atoms with Gasteiger partial charge in [0.1, 0.15) is 13.7 Å². The number of thiazole rings is 1. The Hall–Kier alpha value is -3.16. The second-order valence-electron chi connectivity index (χ2n) is 6.45. The second kappa shape index (κ2) is 10.2. The van der Waals surface area contributed by atoms with Gasteiger partial charge in [-0.05, 0) is 19.4 Å². The van der Waals surface area contributed by atoms with Gasteiger partial charge < -0.3 is 15.0 Å². The molecule has 1 aromatic carbocycles. The summed E-state index contributed by atoms with van der Waals surface area (Å²) in [6.07, 6.45) is -10.2. The number of hydrogen-bond donors (Lipinski definition) is 1. The number of aromatic nitrogens is 1. The maximum absolute atomic E-state index is 13.2. The summed E-state index contributed by atoms with van der Waals surface area (Å²) in [6.45, 7) is 2.45. The fourth-order valence-corrected chi connectivity index (χ4v) is 3.54. The topological polar surface area (TPSA) is 85.2 Å². The molecule has 1 amide bonds. The van der Waals surface area contributed by atoms with Crippen LogP contribution in [0.25, 0.3) is 0 Å². The second-order valence-corrected chi connectivity index (χ2v) is 7.44. The Bertz CT molecular complexity index is 1080. The van der Waals surface area contributed by atoms with Crippen molar-refractivity contribution in [1.29, 1.82) is 0 Å². The van der Waals surface area contributed by atoms with E-state index >= 15 is 0 Å². The molecule has 2 aromatic rings. The monoisotopic (exact) mass is 496 g/mol. The van der Waals surface area contributed by atoms with Gasteiger partial charge in [0.05, 0.1) is 10.6 Å². The van der Waals surface area contributed by atoms with E-state index < -0.39 is 39.6 Å². The minimum Gasteiger partial charge on any atom is -0.398 e. The molecular weight excluding hydrogens is 478 g/mol. The van der Waals surface area contributed by atoms with Gasteiger partial charge in [-0.2, -0.15) is 26.3 Å². The van der Waals surface area contributed by atoms with Crippen molar-refractivity contribution in [2.75, 3.05) is 14.2 Å². The Kier molecular flexibility index (Phi) is 8.06. The van der Waals surface area contributed by atoms with Gasteiger partial charge in [0, 0.05) is 18.2 Å². The van der Waals surface area contributed by atoms with Gasteiger partial charge in [0.2, 0.25) is 0 Å². The maximum atomic E-state index is 13.2. The van der Waals surface area contributed by atoms with Gasteiger partial charge in [-0.3, -0.25) is 4.79 Å². The standard InChI is InChI=1S/C19H18F6N4O3S/c1-9-6-5-7-11(13(29-31-4)16(30)26-3)12(9)8-32-28-10(2)14-15(18(20,21)22)27-17(33-14)19(23,24)25/h5-7H,8H2,1-4H3,(H,26,30)/b28-10+,29-13+. The summed E-state index contributed by atoms with van der Waals surface area (Å²) in [5, 5.41) is 8.01. The number of carbonyl (C=O) groups is 1. The van der Waals surface area contributed by atoms with E-state index in [0.717, 1.165) is 6.92 Å². The number of hydrogen-bond acceptors (Lipinski definition) is 7. The predicted molar refractivity (Wildman–Crippen MR) is 108 cm³/mol. The number of halogens is 6. The quantitative estimate of drug-likeness (QED) is 0.347. The van der Waals surface area contributed by atoms with Crippen LogP contribution >= 0.6 is 11.3 Å². The van der Waals surface area contributed by atoms with E-state index in [0.29, 0.717) is 16.7 Å². The lowest BCUT2D eigenvalue weighted by Gasteiger charge is -2.13. The number of likely N-dealkylation sites (N-methyl/N-ethyl adjacent to an activating group) is 1. The average Bonchev–Trinajstić information content (AvgIpc) is 3.19. The molecule has 1 heterocycles. The van der Waals surface area contributed by atoms with Crippen LogP contribution in [0.2, 0.25) is 0 Å². The molecule has 0 unspecified atom stereocenters. The number of alkyl halides is 6. The lowest BCUT2D eigenvalue weighted by molar-refractivity contribution is -0.146. The molecular formula is C19H18F6N4O3S. The minimum atomic E-state index is -5.12. The first kappa shape index (κ1) is 26.1. The first-order chi connectivity index (χ1) is 15.3. The highest BCUT2D eigenvalue weighted by molar-refractivity contribution is 7.14. The van der Waals surface area contributed by atoms with Crippen LogP contribution < -0.4 is 5.32 Å². The summed E-state index contributed by atoms with van der Waals surface area (Å²) in [5.74, 6) is -0.567. The molecule has 0 aliphatic heterocycles.